The van der Waals surface area contributed by atoms with Crippen LogP contribution in [0.3, 0.4) is 0 Å². The maximum absolute atomic E-state index is 12.9. The second-order valence-electron chi connectivity index (χ2n) is 3.96. The number of halogens is 1. The van der Waals surface area contributed by atoms with E-state index in [9.17, 15) is 4.39 Å². The fourth-order valence-corrected chi connectivity index (χ4v) is 1.63. The molecule has 19 heavy (non-hydrogen) atoms. The van der Waals surface area contributed by atoms with Gasteiger partial charge in [0, 0.05) is 18.3 Å². The summed E-state index contributed by atoms with van der Waals surface area (Å²) < 4.78 is 23.4. The third-order valence-corrected chi connectivity index (χ3v) is 2.59. The molecule has 2 rings (SSSR count). The standard InChI is InChI=1S/C15H16FNO2/c1-18-14-7-5-13(6-8-14)17-9-10-19-15-4-2-3-12(16)11-15/h2-8,11,17H,9-10H2,1H3. The number of benzene rings is 2. The highest BCUT2D eigenvalue weighted by Crippen LogP contribution is 2.15. The van der Waals surface area contributed by atoms with Crippen LogP contribution in [-0.4, -0.2) is 20.3 Å². The van der Waals surface area contributed by atoms with Crippen molar-refractivity contribution in [2.24, 2.45) is 0 Å². The van der Waals surface area contributed by atoms with E-state index < -0.39 is 0 Å². The summed E-state index contributed by atoms with van der Waals surface area (Å²) in [6, 6.07) is 13.8. The summed E-state index contributed by atoms with van der Waals surface area (Å²) in [4.78, 5) is 0. The quantitative estimate of drug-likeness (QED) is 0.809. The predicted molar refractivity (Wildman–Crippen MR) is 73.4 cm³/mol. The molecule has 3 nitrogen and oxygen atoms in total. The Morgan fingerprint density at radius 3 is 2.53 bits per heavy atom. The Morgan fingerprint density at radius 1 is 1.05 bits per heavy atom. The molecule has 0 spiro atoms. The molecule has 0 aliphatic heterocycles. The average molecular weight is 261 g/mol. The zero-order chi connectivity index (χ0) is 13.5. The van der Waals surface area contributed by atoms with Gasteiger partial charge in [0.2, 0.25) is 0 Å². The minimum absolute atomic E-state index is 0.291. The van der Waals surface area contributed by atoms with Crippen LogP contribution in [0.5, 0.6) is 11.5 Å². The Hall–Kier alpha value is -2.23. The molecule has 4 heteroatoms. The van der Waals surface area contributed by atoms with Crippen LogP contribution in [0.25, 0.3) is 0 Å². The molecule has 0 aliphatic carbocycles. The largest absolute Gasteiger partial charge is 0.497 e. The third kappa shape index (κ3) is 4.17. The Bertz CT molecular complexity index is 514. The van der Waals surface area contributed by atoms with Gasteiger partial charge < -0.3 is 14.8 Å². The summed E-state index contributed by atoms with van der Waals surface area (Å²) in [5.74, 6) is 1.07. The molecule has 1 N–H and O–H groups in total. The zero-order valence-electron chi connectivity index (χ0n) is 10.7. The van der Waals surface area contributed by atoms with E-state index in [1.807, 2.05) is 24.3 Å². The minimum Gasteiger partial charge on any atom is -0.497 e. The van der Waals surface area contributed by atoms with Crippen molar-refractivity contribution in [1.29, 1.82) is 0 Å². The highest BCUT2D eigenvalue weighted by atomic mass is 19.1. The van der Waals surface area contributed by atoms with E-state index in [4.69, 9.17) is 9.47 Å². The molecule has 0 heterocycles. The molecule has 0 saturated carbocycles. The summed E-state index contributed by atoms with van der Waals surface area (Å²) in [7, 11) is 1.63. The summed E-state index contributed by atoms with van der Waals surface area (Å²) >= 11 is 0. The van der Waals surface area contributed by atoms with Crippen LogP contribution in [0, 0.1) is 5.82 Å². The summed E-state index contributed by atoms with van der Waals surface area (Å²) in [6.45, 7) is 1.11. The lowest BCUT2D eigenvalue weighted by atomic mass is 10.3. The van der Waals surface area contributed by atoms with Gasteiger partial charge in [-0.1, -0.05) is 6.07 Å². The SMILES string of the molecule is COc1ccc(NCCOc2cccc(F)c2)cc1. The van der Waals surface area contributed by atoms with Gasteiger partial charge in [-0.05, 0) is 36.4 Å². The lowest BCUT2D eigenvalue weighted by Crippen LogP contribution is -2.11. The fourth-order valence-electron chi connectivity index (χ4n) is 1.63. The van der Waals surface area contributed by atoms with E-state index in [1.165, 1.54) is 12.1 Å². The van der Waals surface area contributed by atoms with Crippen molar-refractivity contribution in [1.82, 2.24) is 0 Å². The minimum atomic E-state index is -0.291. The van der Waals surface area contributed by atoms with E-state index in [-0.39, 0.29) is 5.82 Å². The van der Waals surface area contributed by atoms with Crippen LogP contribution in [0.1, 0.15) is 0 Å². The highest BCUT2D eigenvalue weighted by molar-refractivity contribution is 5.46. The van der Waals surface area contributed by atoms with E-state index in [0.717, 1.165) is 11.4 Å². The Labute approximate surface area is 112 Å². The van der Waals surface area contributed by atoms with Gasteiger partial charge in [-0.3, -0.25) is 0 Å². The molecule has 0 aromatic heterocycles. The van der Waals surface area contributed by atoms with E-state index in [2.05, 4.69) is 5.32 Å². The number of nitrogens with one attached hydrogen (secondary N) is 1. The van der Waals surface area contributed by atoms with Crippen molar-refractivity contribution in [2.75, 3.05) is 25.6 Å². The first-order valence-corrected chi connectivity index (χ1v) is 6.04. The van der Waals surface area contributed by atoms with E-state index in [0.29, 0.717) is 18.9 Å². The fraction of sp³-hybridized carbons (Fsp3) is 0.200. The van der Waals surface area contributed by atoms with Crippen molar-refractivity contribution < 1.29 is 13.9 Å². The second-order valence-corrected chi connectivity index (χ2v) is 3.96. The van der Waals surface area contributed by atoms with E-state index in [1.54, 1.807) is 19.2 Å². The number of hydrogen-bond acceptors (Lipinski definition) is 3. The maximum Gasteiger partial charge on any atom is 0.126 e. The van der Waals surface area contributed by atoms with Gasteiger partial charge in [0.1, 0.15) is 23.9 Å². The molecule has 0 aliphatic rings. The van der Waals surface area contributed by atoms with Crippen molar-refractivity contribution in [3.63, 3.8) is 0 Å². The molecule has 0 bridgehead atoms. The van der Waals surface area contributed by atoms with Crippen LogP contribution in [-0.2, 0) is 0 Å². The molecule has 0 radical (unpaired) electrons. The normalized spacial score (nSPS) is 10.0. The zero-order valence-corrected chi connectivity index (χ0v) is 10.7. The molecule has 0 fully saturated rings. The van der Waals surface area contributed by atoms with Gasteiger partial charge in [0.15, 0.2) is 0 Å². The van der Waals surface area contributed by atoms with Gasteiger partial charge in [-0.25, -0.2) is 4.39 Å². The number of hydrogen-bond donors (Lipinski definition) is 1. The number of rotatable bonds is 6. The smallest absolute Gasteiger partial charge is 0.126 e. The van der Waals surface area contributed by atoms with Crippen LogP contribution >= 0.6 is 0 Å². The summed E-state index contributed by atoms with van der Waals surface area (Å²) in [5.41, 5.74) is 0.989. The Kier molecular flexibility index (Phi) is 4.61. The third-order valence-electron chi connectivity index (χ3n) is 2.59. The molecule has 0 unspecified atom stereocenters. The maximum atomic E-state index is 12.9. The van der Waals surface area contributed by atoms with E-state index >= 15 is 0 Å². The molecule has 0 atom stereocenters. The first kappa shape index (κ1) is 13.2. The monoisotopic (exact) mass is 261 g/mol. The van der Waals surface area contributed by atoms with Crippen molar-refractivity contribution in [3.8, 4) is 11.5 Å². The Balaban J connectivity index is 1.74. The van der Waals surface area contributed by atoms with Crippen LogP contribution in [0.15, 0.2) is 48.5 Å². The summed E-state index contributed by atoms with van der Waals surface area (Å²) in [6.07, 6.45) is 0. The van der Waals surface area contributed by atoms with Crippen molar-refractivity contribution >= 4 is 5.69 Å². The van der Waals surface area contributed by atoms with Crippen LogP contribution in [0.4, 0.5) is 10.1 Å². The molecule has 2 aromatic rings. The summed E-state index contributed by atoms with van der Waals surface area (Å²) in [5, 5.41) is 3.21. The van der Waals surface area contributed by atoms with Gasteiger partial charge in [0.25, 0.3) is 0 Å². The van der Waals surface area contributed by atoms with Crippen LogP contribution in [0.2, 0.25) is 0 Å². The average Bonchev–Trinajstić information content (AvgIpc) is 2.44. The van der Waals surface area contributed by atoms with Gasteiger partial charge >= 0.3 is 0 Å². The topological polar surface area (TPSA) is 30.5 Å². The van der Waals surface area contributed by atoms with Crippen molar-refractivity contribution in [3.05, 3.63) is 54.3 Å². The molecule has 2 aromatic carbocycles. The first-order valence-electron chi connectivity index (χ1n) is 6.04. The van der Waals surface area contributed by atoms with Gasteiger partial charge in [0.05, 0.1) is 7.11 Å². The molecule has 100 valence electrons. The molecule has 0 saturated heterocycles. The Morgan fingerprint density at radius 2 is 1.84 bits per heavy atom. The van der Waals surface area contributed by atoms with Gasteiger partial charge in [-0.15, -0.1) is 0 Å². The highest BCUT2D eigenvalue weighted by Gasteiger charge is 1.96. The molecular formula is C15H16FNO2. The lowest BCUT2D eigenvalue weighted by Gasteiger charge is -2.09. The number of methoxy groups -OCH3 is 1. The molecule has 0 amide bonds. The predicted octanol–water partition coefficient (Wildman–Crippen LogP) is 3.33. The van der Waals surface area contributed by atoms with Crippen molar-refractivity contribution in [2.45, 2.75) is 0 Å². The van der Waals surface area contributed by atoms with Crippen LogP contribution < -0.4 is 14.8 Å². The number of ether oxygens (including phenoxy) is 2. The number of anilines is 1. The second kappa shape index (κ2) is 6.64. The lowest BCUT2D eigenvalue weighted by molar-refractivity contribution is 0.331. The first-order chi connectivity index (χ1) is 9.28. The molecular weight excluding hydrogens is 245 g/mol. The van der Waals surface area contributed by atoms with Gasteiger partial charge in [-0.2, -0.15) is 0 Å².